The first-order chi connectivity index (χ1) is 11.9. The maximum atomic E-state index is 12.2. The lowest BCUT2D eigenvalue weighted by atomic mass is 10.1. The van der Waals surface area contributed by atoms with Crippen LogP contribution in [0.1, 0.15) is 17.5 Å². The molecule has 0 bridgehead atoms. The van der Waals surface area contributed by atoms with Gasteiger partial charge in [0.25, 0.3) is 10.1 Å². The Hall–Kier alpha value is -1.41. The molecule has 25 heavy (non-hydrogen) atoms. The molecule has 1 aliphatic heterocycles. The number of halogens is 2. The Morgan fingerprint density at radius 2 is 1.84 bits per heavy atom. The molecule has 1 aromatic heterocycles. The second-order valence-corrected chi connectivity index (χ2v) is 8.12. The first-order valence-corrected chi connectivity index (χ1v) is 9.96. The number of fused-ring (bicyclic) bond motifs is 1. The fraction of sp³-hybridized carbons (Fsp3) is 0.375. The van der Waals surface area contributed by atoms with Crippen LogP contribution in [-0.2, 0) is 20.7 Å². The van der Waals surface area contributed by atoms with Crippen molar-refractivity contribution in [1.82, 2.24) is 10.2 Å². The van der Waals surface area contributed by atoms with E-state index in [1.54, 1.807) is 12.1 Å². The van der Waals surface area contributed by atoms with E-state index in [-0.39, 0.29) is 16.7 Å². The zero-order valence-electron chi connectivity index (χ0n) is 13.6. The van der Waals surface area contributed by atoms with Crippen LogP contribution >= 0.6 is 23.2 Å². The van der Waals surface area contributed by atoms with Crippen molar-refractivity contribution in [3.63, 3.8) is 0 Å². The number of benzene rings is 1. The molecule has 0 amide bonds. The zero-order chi connectivity index (χ0) is 18.0. The van der Waals surface area contributed by atoms with E-state index in [4.69, 9.17) is 27.4 Å². The lowest BCUT2D eigenvalue weighted by Gasteiger charge is -2.31. The normalized spacial score (nSPS) is 14.4. The van der Waals surface area contributed by atoms with Crippen molar-refractivity contribution in [3.05, 3.63) is 45.7 Å². The lowest BCUT2D eigenvalue weighted by Crippen LogP contribution is -2.33. The highest BCUT2D eigenvalue weighted by Gasteiger charge is 2.24. The third-order valence-corrected chi connectivity index (χ3v) is 5.92. The van der Waals surface area contributed by atoms with Crippen LogP contribution < -0.4 is 4.90 Å². The average molecular weight is 402 g/mol. The highest BCUT2D eigenvalue weighted by molar-refractivity contribution is 7.86. The minimum absolute atomic E-state index is 0.00587. The van der Waals surface area contributed by atoms with Gasteiger partial charge >= 0.3 is 0 Å². The Morgan fingerprint density at radius 3 is 2.56 bits per heavy atom. The summed E-state index contributed by atoms with van der Waals surface area (Å²) in [6.45, 7) is 2.98. The Kier molecular flexibility index (Phi) is 5.48. The Labute approximate surface area is 156 Å². The fourth-order valence-electron chi connectivity index (χ4n) is 2.77. The van der Waals surface area contributed by atoms with E-state index >= 15 is 0 Å². The molecule has 0 saturated heterocycles. The Balaban J connectivity index is 1.70. The Bertz CT molecular complexity index is 873. The number of aryl methyl sites for hydroxylation is 1. The van der Waals surface area contributed by atoms with E-state index in [0.717, 1.165) is 30.5 Å². The molecule has 0 aliphatic carbocycles. The van der Waals surface area contributed by atoms with E-state index in [1.165, 1.54) is 12.1 Å². The summed E-state index contributed by atoms with van der Waals surface area (Å²) < 4.78 is 29.6. The second-order valence-electron chi connectivity index (χ2n) is 5.79. The minimum Gasteiger partial charge on any atom is -0.366 e. The largest absolute Gasteiger partial charge is 0.366 e. The van der Waals surface area contributed by atoms with Crippen LogP contribution in [0.4, 0.5) is 5.69 Å². The van der Waals surface area contributed by atoms with Gasteiger partial charge in [0, 0.05) is 18.7 Å². The summed E-state index contributed by atoms with van der Waals surface area (Å²) in [7, 11) is -3.79. The SMILES string of the molecule is Cc1ccc(S(=O)(=O)OCCN2CCCc3c(Cl)nnc(Cl)c32)cc1. The lowest BCUT2D eigenvalue weighted by molar-refractivity contribution is 0.322. The van der Waals surface area contributed by atoms with Crippen LogP contribution in [0, 0.1) is 6.92 Å². The van der Waals surface area contributed by atoms with Crippen LogP contribution in [0.25, 0.3) is 0 Å². The van der Waals surface area contributed by atoms with E-state index in [1.807, 2.05) is 11.8 Å². The molecule has 1 aliphatic rings. The van der Waals surface area contributed by atoms with Gasteiger partial charge in [0.15, 0.2) is 10.3 Å². The maximum absolute atomic E-state index is 12.2. The minimum atomic E-state index is -3.79. The topological polar surface area (TPSA) is 72.4 Å². The summed E-state index contributed by atoms with van der Waals surface area (Å²) in [6, 6.07) is 6.54. The third kappa shape index (κ3) is 4.06. The van der Waals surface area contributed by atoms with E-state index in [0.29, 0.717) is 17.4 Å². The van der Waals surface area contributed by atoms with Crippen molar-refractivity contribution in [2.75, 3.05) is 24.6 Å². The van der Waals surface area contributed by atoms with Gasteiger partial charge in [-0.25, -0.2) is 0 Å². The van der Waals surface area contributed by atoms with Gasteiger partial charge in [0.05, 0.1) is 17.2 Å². The predicted octanol–water partition coefficient (Wildman–Crippen LogP) is 3.25. The summed E-state index contributed by atoms with van der Waals surface area (Å²) in [5, 5.41) is 8.26. The van der Waals surface area contributed by atoms with Gasteiger partial charge in [0.2, 0.25) is 0 Å². The highest BCUT2D eigenvalue weighted by atomic mass is 35.5. The van der Waals surface area contributed by atoms with Crippen LogP contribution in [0.15, 0.2) is 29.2 Å². The average Bonchev–Trinajstić information content (AvgIpc) is 2.58. The van der Waals surface area contributed by atoms with Gasteiger partial charge in [-0.1, -0.05) is 40.9 Å². The van der Waals surface area contributed by atoms with Gasteiger partial charge < -0.3 is 4.90 Å². The van der Waals surface area contributed by atoms with Crippen LogP contribution in [-0.4, -0.2) is 38.3 Å². The standard InChI is InChI=1S/C16H17Cl2N3O3S/c1-11-4-6-12(7-5-11)25(22,23)24-10-9-21-8-2-3-13-14(21)16(18)20-19-15(13)17/h4-7H,2-3,8-10H2,1H3. The summed E-state index contributed by atoms with van der Waals surface area (Å²) in [5.74, 6) is 0. The quantitative estimate of drug-likeness (QED) is 0.715. The van der Waals surface area contributed by atoms with Crippen molar-refractivity contribution in [2.45, 2.75) is 24.7 Å². The first kappa shape index (κ1) is 18.4. The molecule has 0 fully saturated rings. The molecule has 3 rings (SSSR count). The molecule has 0 unspecified atom stereocenters. The number of rotatable bonds is 5. The number of hydrogen-bond donors (Lipinski definition) is 0. The molecular weight excluding hydrogens is 385 g/mol. The summed E-state index contributed by atoms with van der Waals surface area (Å²) in [5.41, 5.74) is 2.54. The van der Waals surface area contributed by atoms with Crippen molar-refractivity contribution in [1.29, 1.82) is 0 Å². The summed E-state index contributed by atoms with van der Waals surface area (Å²) in [4.78, 5) is 2.08. The smallest absolute Gasteiger partial charge is 0.297 e. The maximum Gasteiger partial charge on any atom is 0.297 e. The van der Waals surface area contributed by atoms with Crippen molar-refractivity contribution in [2.24, 2.45) is 0 Å². The summed E-state index contributed by atoms with van der Waals surface area (Å²) >= 11 is 12.2. The molecule has 0 N–H and O–H groups in total. The Morgan fingerprint density at radius 1 is 1.16 bits per heavy atom. The molecule has 1 aromatic carbocycles. The van der Waals surface area contributed by atoms with Crippen molar-refractivity contribution < 1.29 is 12.6 Å². The van der Waals surface area contributed by atoms with Crippen LogP contribution in [0.5, 0.6) is 0 Å². The van der Waals surface area contributed by atoms with Gasteiger partial charge in [-0.15, -0.1) is 10.2 Å². The zero-order valence-corrected chi connectivity index (χ0v) is 15.9. The van der Waals surface area contributed by atoms with Gasteiger partial charge in [-0.05, 0) is 31.9 Å². The number of anilines is 1. The van der Waals surface area contributed by atoms with Gasteiger partial charge in [-0.3, -0.25) is 4.18 Å². The van der Waals surface area contributed by atoms with Crippen molar-refractivity contribution in [3.8, 4) is 0 Å². The second kappa shape index (κ2) is 7.45. The van der Waals surface area contributed by atoms with Crippen LogP contribution in [0.3, 0.4) is 0 Å². The van der Waals surface area contributed by atoms with Crippen molar-refractivity contribution >= 4 is 39.0 Å². The molecule has 0 spiro atoms. The molecule has 0 atom stereocenters. The number of hydrogen-bond acceptors (Lipinski definition) is 6. The van der Waals surface area contributed by atoms with Gasteiger partial charge in [-0.2, -0.15) is 8.42 Å². The molecule has 134 valence electrons. The highest BCUT2D eigenvalue weighted by Crippen LogP contribution is 2.35. The van der Waals surface area contributed by atoms with Gasteiger partial charge in [0.1, 0.15) is 0 Å². The molecule has 2 aromatic rings. The molecular formula is C16H17Cl2N3O3S. The molecule has 0 radical (unpaired) electrons. The summed E-state index contributed by atoms with van der Waals surface area (Å²) in [6.07, 6.45) is 1.64. The number of nitrogens with zero attached hydrogens (tertiary/aromatic N) is 3. The van der Waals surface area contributed by atoms with E-state index in [9.17, 15) is 8.42 Å². The molecule has 2 heterocycles. The van der Waals surface area contributed by atoms with E-state index < -0.39 is 10.1 Å². The predicted molar refractivity (Wildman–Crippen MR) is 96.9 cm³/mol. The van der Waals surface area contributed by atoms with Crippen LogP contribution in [0.2, 0.25) is 10.3 Å². The van der Waals surface area contributed by atoms with E-state index in [2.05, 4.69) is 10.2 Å². The first-order valence-electron chi connectivity index (χ1n) is 7.80. The molecule has 0 saturated carbocycles. The molecule has 6 nitrogen and oxygen atoms in total. The fourth-order valence-corrected chi connectivity index (χ4v) is 4.17. The monoisotopic (exact) mass is 401 g/mol. The number of aromatic nitrogens is 2. The third-order valence-electron chi connectivity index (χ3n) is 4.04. The molecule has 9 heteroatoms.